The van der Waals surface area contributed by atoms with Gasteiger partial charge in [-0.1, -0.05) is 0 Å². The van der Waals surface area contributed by atoms with Gasteiger partial charge in [0.25, 0.3) is 6.29 Å². The Bertz CT molecular complexity index is 271. The van der Waals surface area contributed by atoms with Gasteiger partial charge in [0.1, 0.15) is 0 Å². The monoisotopic (exact) mass is 183 g/mol. The summed E-state index contributed by atoms with van der Waals surface area (Å²) in [5, 5.41) is 20.4. The maximum Gasteiger partial charge on any atom is 0.283 e. The van der Waals surface area contributed by atoms with Crippen molar-refractivity contribution in [3.63, 3.8) is 0 Å². The topological polar surface area (TPSA) is 112 Å². The third-order valence-corrected chi connectivity index (χ3v) is 1.58. The van der Waals surface area contributed by atoms with Gasteiger partial charge in [-0.15, -0.1) is 0 Å². The third kappa shape index (κ3) is 2.62. The molecule has 0 aliphatic carbocycles. The number of nitrogens with zero attached hydrogens (tertiary/aromatic N) is 1. The van der Waals surface area contributed by atoms with Crippen molar-refractivity contribution in [1.29, 1.82) is 0 Å². The Hall–Kier alpha value is -1.24. The maximum absolute atomic E-state index is 10.8. The molecule has 13 heavy (non-hydrogen) atoms. The minimum atomic E-state index is -2.51. The largest absolute Gasteiger partial charge is 0.351 e. The smallest absolute Gasteiger partial charge is 0.283 e. The Kier molecular flexibility index (Phi) is 3.13. The quantitative estimate of drug-likeness (QED) is 0.586. The number of carbonyl (C=O) groups is 1. The van der Waals surface area contributed by atoms with E-state index in [0.29, 0.717) is 5.69 Å². The first-order chi connectivity index (χ1) is 6.11. The number of aromatic nitrogens is 2. The van der Waals surface area contributed by atoms with E-state index >= 15 is 0 Å². The van der Waals surface area contributed by atoms with Crippen molar-refractivity contribution in [2.24, 2.45) is 5.73 Å². The summed E-state index contributed by atoms with van der Waals surface area (Å²) in [7, 11) is 0. The minimum Gasteiger partial charge on any atom is -0.351 e. The molecule has 1 rings (SSSR count). The fourth-order valence-electron chi connectivity index (χ4n) is 0.903. The van der Waals surface area contributed by atoms with Gasteiger partial charge >= 0.3 is 0 Å². The average Bonchev–Trinajstić information content (AvgIpc) is 2.55. The summed E-state index contributed by atoms with van der Waals surface area (Å²) in [5.74, 6) is -1.02. The number of aromatic amines is 1. The molecule has 70 valence electrons. The predicted molar refractivity (Wildman–Crippen MR) is 40.4 cm³/mol. The Morgan fingerprint density at radius 3 is 2.77 bits per heavy atom. The lowest BCUT2D eigenvalue weighted by Crippen LogP contribution is -2.39. The molecule has 1 aromatic heterocycles. The van der Waals surface area contributed by atoms with Crippen LogP contribution in [0.2, 0.25) is 0 Å². The highest BCUT2D eigenvalue weighted by molar-refractivity contribution is 5.86. The summed E-state index contributed by atoms with van der Waals surface area (Å²) in [6.07, 6.45) is 0.591. The van der Waals surface area contributed by atoms with Crippen LogP contribution in [0, 0.1) is 0 Å². The van der Waals surface area contributed by atoms with Gasteiger partial charge in [0.2, 0.25) is 5.78 Å². The van der Waals surface area contributed by atoms with E-state index in [1.165, 1.54) is 6.33 Å². The molecule has 0 bridgehead atoms. The number of H-pyrrole nitrogens is 1. The van der Waals surface area contributed by atoms with E-state index in [4.69, 9.17) is 5.73 Å². The summed E-state index contributed by atoms with van der Waals surface area (Å²) in [6.45, 7) is 0. The minimum absolute atomic E-state index is 0.114. The van der Waals surface area contributed by atoms with Gasteiger partial charge in [0.05, 0.1) is 18.1 Å². The van der Waals surface area contributed by atoms with E-state index in [-0.39, 0.29) is 6.42 Å². The zero-order valence-corrected chi connectivity index (χ0v) is 6.77. The van der Waals surface area contributed by atoms with Crippen molar-refractivity contribution in [3.05, 3.63) is 18.2 Å². The molecule has 0 aromatic carbocycles. The molecule has 1 heterocycles. The first-order valence-electron chi connectivity index (χ1n) is 3.70. The number of imidazole rings is 1. The van der Waals surface area contributed by atoms with E-state index in [0.717, 1.165) is 0 Å². The van der Waals surface area contributed by atoms with Crippen LogP contribution in [0.3, 0.4) is 0 Å². The van der Waals surface area contributed by atoms with Gasteiger partial charge < -0.3 is 10.7 Å². The van der Waals surface area contributed by atoms with Crippen molar-refractivity contribution in [3.8, 4) is 0 Å². The summed E-state index contributed by atoms with van der Waals surface area (Å²) in [6, 6.07) is -1.05. The zero-order chi connectivity index (χ0) is 9.84. The number of hydrogen-bond acceptors (Lipinski definition) is 3. The normalized spacial score (nSPS) is 13.2. The van der Waals surface area contributed by atoms with Crippen LogP contribution in [0.15, 0.2) is 12.5 Å². The summed E-state index contributed by atoms with van der Waals surface area (Å²) in [5.41, 5.74) is 5.86. The number of ketones is 1. The van der Waals surface area contributed by atoms with Crippen molar-refractivity contribution in [2.45, 2.75) is 18.8 Å². The SMILES string of the molecule is N[C@@H](Cc1c[nH]cn1)C(=O)C([O])[O]. The molecule has 0 aliphatic heterocycles. The van der Waals surface area contributed by atoms with E-state index in [1.54, 1.807) is 6.20 Å². The van der Waals surface area contributed by atoms with Gasteiger partial charge in [-0.05, 0) is 0 Å². The van der Waals surface area contributed by atoms with Crippen LogP contribution in [-0.2, 0) is 21.4 Å². The molecule has 0 saturated carbocycles. The highest BCUT2D eigenvalue weighted by atomic mass is 16.5. The highest BCUT2D eigenvalue weighted by Gasteiger charge is 2.23. The van der Waals surface area contributed by atoms with Crippen LogP contribution in [0.5, 0.6) is 0 Å². The van der Waals surface area contributed by atoms with Crippen LogP contribution >= 0.6 is 0 Å². The fraction of sp³-hybridized carbons (Fsp3) is 0.429. The Morgan fingerprint density at radius 1 is 1.62 bits per heavy atom. The van der Waals surface area contributed by atoms with Crippen molar-refractivity contribution in [1.82, 2.24) is 9.97 Å². The standard InChI is InChI=1S/C7H9N3O3/c8-5(6(11)7(12)13)1-4-2-9-3-10-4/h2-3,5,7H,1,8H2,(H,9,10)/t5-/m0/s1. The molecule has 3 N–H and O–H groups in total. The molecule has 0 fully saturated rings. The highest BCUT2D eigenvalue weighted by Crippen LogP contribution is 1.99. The van der Waals surface area contributed by atoms with Crippen molar-refractivity contribution >= 4 is 5.78 Å². The number of nitrogens with one attached hydrogen (secondary N) is 1. The van der Waals surface area contributed by atoms with E-state index < -0.39 is 18.1 Å². The fourth-order valence-corrected chi connectivity index (χ4v) is 0.903. The lowest BCUT2D eigenvalue weighted by molar-refractivity contribution is -0.171. The molecular weight excluding hydrogens is 174 g/mol. The number of nitrogens with two attached hydrogens (primary N) is 1. The molecule has 6 heteroatoms. The van der Waals surface area contributed by atoms with Crippen molar-refractivity contribution < 1.29 is 15.0 Å². The molecule has 0 saturated heterocycles. The maximum atomic E-state index is 10.8. The Balaban J connectivity index is 2.51. The molecule has 2 radical (unpaired) electrons. The van der Waals surface area contributed by atoms with Crippen LogP contribution < -0.4 is 5.73 Å². The molecule has 0 aliphatic rings. The molecule has 0 amide bonds. The molecule has 6 nitrogen and oxygen atoms in total. The molecule has 1 atom stereocenters. The second kappa shape index (κ2) is 4.13. The van der Waals surface area contributed by atoms with Crippen LogP contribution in [0.25, 0.3) is 0 Å². The van der Waals surface area contributed by atoms with Crippen LogP contribution in [0.4, 0.5) is 0 Å². The first-order valence-corrected chi connectivity index (χ1v) is 3.70. The first kappa shape index (κ1) is 9.85. The second-order valence-electron chi connectivity index (χ2n) is 2.61. The number of rotatable bonds is 4. The number of hydrogen-bond donors (Lipinski definition) is 2. The lowest BCUT2D eigenvalue weighted by Gasteiger charge is -2.07. The second-order valence-corrected chi connectivity index (χ2v) is 2.61. The van der Waals surface area contributed by atoms with Gasteiger partial charge in [-0.2, -0.15) is 10.2 Å². The summed E-state index contributed by atoms with van der Waals surface area (Å²) < 4.78 is 0. The van der Waals surface area contributed by atoms with E-state index in [2.05, 4.69) is 9.97 Å². The lowest BCUT2D eigenvalue weighted by atomic mass is 10.1. The van der Waals surface area contributed by atoms with E-state index in [1.807, 2.05) is 0 Å². The molecule has 1 aromatic rings. The summed E-state index contributed by atoms with van der Waals surface area (Å²) >= 11 is 0. The number of carbonyl (C=O) groups excluding carboxylic acids is 1. The van der Waals surface area contributed by atoms with E-state index in [9.17, 15) is 15.0 Å². The zero-order valence-electron chi connectivity index (χ0n) is 6.77. The molecular formula is C7H9N3O3. The average molecular weight is 183 g/mol. The Morgan fingerprint density at radius 2 is 2.31 bits per heavy atom. The number of Topliss-reactive ketones (excluding diaryl/α,β-unsaturated/α-hetero) is 1. The molecule has 0 unspecified atom stereocenters. The van der Waals surface area contributed by atoms with Crippen molar-refractivity contribution in [2.75, 3.05) is 0 Å². The third-order valence-electron chi connectivity index (χ3n) is 1.58. The van der Waals surface area contributed by atoms with Gasteiger partial charge in [-0.25, -0.2) is 4.98 Å². The predicted octanol–water partition coefficient (Wildman–Crippen LogP) is -0.964. The van der Waals surface area contributed by atoms with Gasteiger partial charge in [-0.3, -0.25) is 4.79 Å². The van der Waals surface area contributed by atoms with Gasteiger partial charge in [0.15, 0.2) is 0 Å². The van der Waals surface area contributed by atoms with Gasteiger partial charge in [0, 0.05) is 12.6 Å². The molecule has 0 spiro atoms. The van der Waals surface area contributed by atoms with Crippen LogP contribution in [0.1, 0.15) is 5.69 Å². The summed E-state index contributed by atoms with van der Waals surface area (Å²) in [4.78, 5) is 17.3. The Labute approximate surface area is 74.4 Å². The van der Waals surface area contributed by atoms with Crippen LogP contribution in [-0.4, -0.2) is 28.1 Å².